The first-order valence-electron chi connectivity index (χ1n) is 7.29. The Labute approximate surface area is 129 Å². The molecule has 21 heavy (non-hydrogen) atoms. The lowest BCUT2D eigenvalue weighted by Gasteiger charge is -2.28. The topological polar surface area (TPSA) is 50.8 Å². The number of piperazine rings is 1. The summed E-state index contributed by atoms with van der Waals surface area (Å²) in [6.45, 7) is 6.02. The molecule has 0 unspecified atom stereocenters. The van der Waals surface area contributed by atoms with Gasteiger partial charge in [-0.25, -0.2) is 0 Å². The van der Waals surface area contributed by atoms with Crippen LogP contribution in [0.4, 0.5) is 0 Å². The summed E-state index contributed by atoms with van der Waals surface area (Å²) in [6.07, 6.45) is 1.56. The maximum absolute atomic E-state index is 11.1. The van der Waals surface area contributed by atoms with E-state index in [9.17, 15) is 4.79 Å². The molecule has 0 spiro atoms. The van der Waals surface area contributed by atoms with Gasteiger partial charge in [-0.2, -0.15) is 0 Å². The fraction of sp³-hybridized carbons (Fsp3) is 0.533. The molecular weight excluding hydrogens is 292 g/mol. The Kier molecular flexibility index (Phi) is 4.63. The molecule has 1 fully saturated rings. The molecule has 0 bridgehead atoms. The Morgan fingerprint density at radius 3 is 2.67 bits per heavy atom. The standard InChI is InChI=1S/C15H19ClN2O3/c16-13-9-11(10-19)14-15(21-8-7-20-14)12(13)1-4-18-5-2-17-3-6-18/h9-10,17H,1-8H2. The summed E-state index contributed by atoms with van der Waals surface area (Å²) in [4.78, 5) is 13.5. The van der Waals surface area contributed by atoms with Crippen LogP contribution in [0.3, 0.4) is 0 Å². The van der Waals surface area contributed by atoms with Crippen LogP contribution in [0.25, 0.3) is 0 Å². The van der Waals surface area contributed by atoms with E-state index < -0.39 is 0 Å². The number of fused-ring (bicyclic) bond motifs is 1. The summed E-state index contributed by atoms with van der Waals surface area (Å²) in [5, 5.41) is 3.92. The number of nitrogens with one attached hydrogen (secondary N) is 1. The Balaban J connectivity index is 1.81. The first-order valence-corrected chi connectivity index (χ1v) is 7.66. The highest BCUT2D eigenvalue weighted by Crippen LogP contribution is 2.41. The monoisotopic (exact) mass is 310 g/mol. The minimum Gasteiger partial charge on any atom is -0.486 e. The second-order valence-electron chi connectivity index (χ2n) is 5.24. The largest absolute Gasteiger partial charge is 0.486 e. The van der Waals surface area contributed by atoms with Crippen molar-refractivity contribution in [1.82, 2.24) is 10.2 Å². The molecule has 5 nitrogen and oxygen atoms in total. The number of carbonyl (C=O) groups is 1. The third kappa shape index (κ3) is 3.15. The summed E-state index contributed by atoms with van der Waals surface area (Å²) < 4.78 is 11.3. The van der Waals surface area contributed by atoms with E-state index in [1.54, 1.807) is 6.07 Å². The van der Waals surface area contributed by atoms with Crippen LogP contribution in [-0.4, -0.2) is 57.1 Å². The van der Waals surface area contributed by atoms with Gasteiger partial charge in [-0.15, -0.1) is 0 Å². The highest BCUT2D eigenvalue weighted by atomic mass is 35.5. The van der Waals surface area contributed by atoms with E-state index in [0.717, 1.165) is 51.0 Å². The van der Waals surface area contributed by atoms with Crippen molar-refractivity contribution in [1.29, 1.82) is 0 Å². The van der Waals surface area contributed by atoms with Crippen molar-refractivity contribution in [3.8, 4) is 11.5 Å². The molecule has 6 heteroatoms. The molecule has 1 aromatic carbocycles. The number of aldehydes is 1. The molecule has 0 aromatic heterocycles. The van der Waals surface area contributed by atoms with Crippen LogP contribution in [0.5, 0.6) is 11.5 Å². The van der Waals surface area contributed by atoms with Crippen molar-refractivity contribution < 1.29 is 14.3 Å². The molecule has 0 saturated carbocycles. The van der Waals surface area contributed by atoms with E-state index in [1.807, 2.05) is 0 Å². The van der Waals surface area contributed by atoms with Crippen molar-refractivity contribution in [2.75, 3.05) is 45.9 Å². The van der Waals surface area contributed by atoms with E-state index in [-0.39, 0.29) is 0 Å². The third-order valence-electron chi connectivity index (χ3n) is 3.90. The predicted octanol–water partition coefficient (Wildman–Crippen LogP) is 1.37. The molecule has 2 aliphatic rings. The number of nitrogens with zero attached hydrogens (tertiary/aromatic N) is 1. The Morgan fingerprint density at radius 2 is 1.95 bits per heavy atom. The molecule has 2 heterocycles. The van der Waals surface area contributed by atoms with E-state index in [1.165, 1.54) is 0 Å². The molecule has 114 valence electrons. The van der Waals surface area contributed by atoms with Crippen LogP contribution in [0, 0.1) is 0 Å². The zero-order valence-corrected chi connectivity index (χ0v) is 12.6. The molecule has 1 aromatic rings. The average molecular weight is 311 g/mol. The number of hydrogen-bond acceptors (Lipinski definition) is 5. The predicted molar refractivity (Wildman–Crippen MR) is 80.8 cm³/mol. The zero-order valence-electron chi connectivity index (χ0n) is 11.9. The molecule has 2 aliphatic heterocycles. The molecule has 3 rings (SSSR count). The number of benzene rings is 1. The van der Waals surface area contributed by atoms with Gasteiger partial charge in [0.2, 0.25) is 0 Å². The summed E-state index contributed by atoms with van der Waals surface area (Å²) in [5.74, 6) is 1.18. The van der Waals surface area contributed by atoms with Crippen molar-refractivity contribution in [3.63, 3.8) is 0 Å². The normalized spacial score (nSPS) is 18.5. The molecule has 0 radical (unpaired) electrons. The van der Waals surface area contributed by atoms with Crippen molar-refractivity contribution in [2.45, 2.75) is 6.42 Å². The lowest BCUT2D eigenvalue weighted by Crippen LogP contribution is -2.44. The number of rotatable bonds is 4. The maximum Gasteiger partial charge on any atom is 0.172 e. The van der Waals surface area contributed by atoms with Gasteiger partial charge in [0.1, 0.15) is 13.2 Å². The zero-order chi connectivity index (χ0) is 14.7. The summed E-state index contributed by atoms with van der Waals surface area (Å²) >= 11 is 6.34. The minimum absolute atomic E-state index is 0.459. The lowest BCUT2D eigenvalue weighted by molar-refractivity contribution is 0.111. The van der Waals surface area contributed by atoms with Gasteiger partial charge in [0, 0.05) is 43.3 Å². The second-order valence-corrected chi connectivity index (χ2v) is 5.65. The minimum atomic E-state index is 0.459. The SMILES string of the molecule is O=Cc1cc(Cl)c(CCN2CCNCC2)c2c1OCCO2. The number of halogens is 1. The van der Waals surface area contributed by atoms with E-state index in [4.69, 9.17) is 21.1 Å². The fourth-order valence-corrected chi connectivity index (χ4v) is 3.08. The fourth-order valence-electron chi connectivity index (χ4n) is 2.78. The molecule has 0 aliphatic carbocycles. The molecule has 1 N–H and O–H groups in total. The van der Waals surface area contributed by atoms with Crippen molar-refractivity contribution in [3.05, 3.63) is 22.2 Å². The average Bonchev–Trinajstić information content (AvgIpc) is 2.54. The summed E-state index contributed by atoms with van der Waals surface area (Å²) in [7, 11) is 0. The van der Waals surface area contributed by atoms with E-state index >= 15 is 0 Å². The van der Waals surface area contributed by atoms with E-state index in [2.05, 4.69) is 10.2 Å². The molecule has 0 atom stereocenters. The second kappa shape index (κ2) is 6.64. The van der Waals surface area contributed by atoms with Gasteiger partial charge in [0.25, 0.3) is 0 Å². The molecular formula is C15H19ClN2O3. The van der Waals surface area contributed by atoms with Crippen LogP contribution in [0.2, 0.25) is 5.02 Å². The quantitative estimate of drug-likeness (QED) is 0.851. The van der Waals surface area contributed by atoms with Gasteiger partial charge in [-0.3, -0.25) is 4.79 Å². The van der Waals surface area contributed by atoms with Crippen LogP contribution >= 0.6 is 11.6 Å². The lowest BCUT2D eigenvalue weighted by atomic mass is 10.0. The third-order valence-corrected chi connectivity index (χ3v) is 4.24. The van der Waals surface area contributed by atoms with E-state index in [0.29, 0.717) is 35.3 Å². The van der Waals surface area contributed by atoms with Gasteiger partial charge < -0.3 is 19.7 Å². The first-order chi connectivity index (χ1) is 10.3. The van der Waals surface area contributed by atoms with Crippen molar-refractivity contribution >= 4 is 17.9 Å². The number of ether oxygens (including phenoxy) is 2. The van der Waals surface area contributed by atoms with Gasteiger partial charge in [-0.1, -0.05) is 11.6 Å². The van der Waals surface area contributed by atoms with Gasteiger partial charge in [-0.05, 0) is 12.5 Å². The van der Waals surface area contributed by atoms with Gasteiger partial charge in [0.05, 0.1) is 5.56 Å². The van der Waals surface area contributed by atoms with Gasteiger partial charge in [0.15, 0.2) is 17.8 Å². The van der Waals surface area contributed by atoms with Gasteiger partial charge >= 0.3 is 0 Å². The highest BCUT2D eigenvalue weighted by molar-refractivity contribution is 6.32. The first kappa shape index (κ1) is 14.6. The van der Waals surface area contributed by atoms with Crippen LogP contribution < -0.4 is 14.8 Å². The van der Waals surface area contributed by atoms with Crippen LogP contribution in [0.1, 0.15) is 15.9 Å². The maximum atomic E-state index is 11.1. The Hall–Kier alpha value is -1.30. The summed E-state index contributed by atoms with van der Waals surface area (Å²) in [5.41, 5.74) is 1.40. The smallest absolute Gasteiger partial charge is 0.172 e. The number of hydrogen-bond donors (Lipinski definition) is 1. The van der Waals surface area contributed by atoms with Crippen LogP contribution in [-0.2, 0) is 6.42 Å². The number of carbonyl (C=O) groups excluding carboxylic acids is 1. The highest BCUT2D eigenvalue weighted by Gasteiger charge is 2.23. The Bertz CT molecular complexity index is 530. The van der Waals surface area contributed by atoms with Crippen LogP contribution in [0.15, 0.2) is 6.07 Å². The van der Waals surface area contributed by atoms with Crippen molar-refractivity contribution in [2.24, 2.45) is 0 Å². The molecule has 0 amide bonds. The Morgan fingerprint density at radius 1 is 1.24 bits per heavy atom. The molecule has 1 saturated heterocycles. The summed E-state index contributed by atoms with van der Waals surface area (Å²) in [6, 6.07) is 1.68.